The summed E-state index contributed by atoms with van der Waals surface area (Å²) >= 11 is 3.24. The molecule has 1 fully saturated rings. The lowest BCUT2D eigenvalue weighted by molar-refractivity contribution is -0.120. The molecule has 0 aromatic rings. The lowest BCUT2D eigenvalue weighted by Crippen LogP contribution is -2.33. The van der Waals surface area contributed by atoms with E-state index in [9.17, 15) is 4.79 Å². The standard InChI is InChI=1S/C9H16BrNO/c1-4-9(3)5-7(9)11-8(12)6(2)10/h6-7H,4-5H2,1-3H3,(H,11,12). The molecule has 1 saturated carbocycles. The Morgan fingerprint density at radius 3 is 2.75 bits per heavy atom. The Morgan fingerprint density at radius 1 is 1.83 bits per heavy atom. The minimum Gasteiger partial charge on any atom is -0.352 e. The largest absolute Gasteiger partial charge is 0.352 e. The summed E-state index contributed by atoms with van der Waals surface area (Å²) in [4.78, 5) is 11.2. The van der Waals surface area contributed by atoms with Gasteiger partial charge >= 0.3 is 0 Å². The third-order valence-electron chi connectivity index (χ3n) is 2.84. The highest BCUT2D eigenvalue weighted by molar-refractivity contribution is 9.10. The van der Waals surface area contributed by atoms with E-state index in [2.05, 4.69) is 35.1 Å². The van der Waals surface area contributed by atoms with Crippen molar-refractivity contribution in [1.82, 2.24) is 5.32 Å². The normalized spacial score (nSPS) is 35.8. The van der Waals surface area contributed by atoms with Crippen LogP contribution in [-0.4, -0.2) is 16.8 Å². The van der Waals surface area contributed by atoms with Crippen molar-refractivity contribution < 1.29 is 4.79 Å². The van der Waals surface area contributed by atoms with Crippen molar-refractivity contribution in [1.29, 1.82) is 0 Å². The average molecular weight is 234 g/mol. The van der Waals surface area contributed by atoms with E-state index in [0.717, 1.165) is 12.8 Å². The van der Waals surface area contributed by atoms with E-state index in [0.29, 0.717) is 11.5 Å². The molecule has 0 heterocycles. The summed E-state index contributed by atoms with van der Waals surface area (Å²) in [5.41, 5.74) is 0.373. The number of alkyl halides is 1. The smallest absolute Gasteiger partial charge is 0.233 e. The van der Waals surface area contributed by atoms with Gasteiger partial charge in [-0.05, 0) is 25.2 Å². The van der Waals surface area contributed by atoms with E-state index >= 15 is 0 Å². The molecule has 1 aliphatic rings. The Hall–Kier alpha value is -0.0500. The Morgan fingerprint density at radius 2 is 2.42 bits per heavy atom. The van der Waals surface area contributed by atoms with E-state index in [1.165, 1.54) is 0 Å². The second-order valence-corrected chi connectivity index (χ2v) is 5.26. The number of hydrogen-bond donors (Lipinski definition) is 1. The molecule has 1 aliphatic carbocycles. The molecular formula is C9H16BrNO. The number of nitrogens with one attached hydrogen (secondary N) is 1. The van der Waals surface area contributed by atoms with Crippen LogP contribution in [0.4, 0.5) is 0 Å². The Labute approximate surface area is 82.2 Å². The van der Waals surface area contributed by atoms with Gasteiger partial charge in [-0.1, -0.05) is 29.8 Å². The first kappa shape index (κ1) is 10.0. The van der Waals surface area contributed by atoms with Crippen LogP contribution in [0.1, 0.15) is 33.6 Å². The van der Waals surface area contributed by atoms with Crippen LogP contribution in [0.2, 0.25) is 0 Å². The summed E-state index contributed by atoms with van der Waals surface area (Å²) in [5.74, 6) is 0.108. The summed E-state index contributed by atoms with van der Waals surface area (Å²) in [7, 11) is 0. The van der Waals surface area contributed by atoms with E-state index in [1.807, 2.05) is 6.92 Å². The molecule has 3 unspecified atom stereocenters. The highest BCUT2D eigenvalue weighted by atomic mass is 79.9. The molecule has 12 heavy (non-hydrogen) atoms. The summed E-state index contributed by atoms with van der Waals surface area (Å²) in [6.07, 6.45) is 2.28. The molecule has 2 nitrogen and oxygen atoms in total. The van der Waals surface area contributed by atoms with Gasteiger partial charge in [0.05, 0.1) is 4.83 Å². The van der Waals surface area contributed by atoms with E-state index in [1.54, 1.807) is 0 Å². The molecule has 0 aromatic carbocycles. The second-order valence-electron chi connectivity index (χ2n) is 3.89. The van der Waals surface area contributed by atoms with Crippen molar-refractivity contribution in [3.05, 3.63) is 0 Å². The van der Waals surface area contributed by atoms with Crippen molar-refractivity contribution in [2.45, 2.75) is 44.5 Å². The van der Waals surface area contributed by atoms with Gasteiger partial charge < -0.3 is 5.32 Å². The van der Waals surface area contributed by atoms with Gasteiger partial charge in [-0.2, -0.15) is 0 Å². The van der Waals surface area contributed by atoms with Crippen LogP contribution in [0.25, 0.3) is 0 Å². The predicted molar refractivity (Wildman–Crippen MR) is 53.3 cm³/mol. The highest BCUT2D eigenvalue weighted by Crippen LogP contribution is 2.48. The van der Waals surface area contributed by atoms with Gasteiger partial charge in [0, 0.05) is 6.04 Å². The zero-order valence-corrected chi connectivity index (χ0v) is 9.44. The van der Waals surface area contributed by atoms with Crippen LogP contribution in [-0.2, 0) is 4.79 Å². The maximum absolute atomic E-state index is 11.2. The van der Waals surface area contributed by atoms with Crippen molar-refractivity contribution >= 4 is 21.8 Å². The maximum Gasteiger partial charge on any atom is 0.233 e. The van der Waals surface area contributed by atoms with Crippen LogP contribution >= 0.6 is 15.9 Å². The Bertz CT molecular complexity index is 193. The van der Waals surface area contributed by atoms with Crippen LogP contribution in [0, 0.1) is 5.41 Å². The van der Waals surface area contributed by atoms with Gasteiger partial charge in [0.25, 0.3) is 0 Å². The SMILES string of the molecule is CCC1(C)CC1NC(=O)C(C)Br. The third-order valence-corrected chi connectivity index (χ3v) is 3.25. The quantitative estimate of drug-likeness (QED) is 0.744. The molecule has 0 saturated heterocycles. The number of hydrogen-bond acceptors (Lipinski definition) is 1. The molecule has 1 rings (SSSR count). The lowest BCUT2D eigenvalue weighted by atomic mass is 10.1. The first-order valence-electron chi connectivity index (χ1n) is 4.44. The summed E-state index contributed by atoms with van der Waals surface area (Å²) in [5, 5.41) is 3.01. The molecule has 0 aliphatic heterocycles. The van der Waals surface area contributed by atoms with Crippen LogP contribution in [0.3, 0.4) is 0 Å². The monoisotopic (exact) mass is 233 g/mol. The van der Waals surface area contributed by atoms with E-state index in [-0.39, 0.29) is 10.7 Å². The van der Waals surface area contributed by atoms with Gasteiger partial charge in [-0.3, -0.25) is 4.79 Å². The molecule has 3 heteroatoms. The molecule has 0 spiro atoms. The Kier molecular flexibility index (Phi) is 2.81. The predicted octanol–water partition coefficient (Wildman–Crippen LogP) is 2.07. The number of carbonyl (C=O) groups excluding carboxylic acids is 1. The molecule has 1 N–H and O–H groups in total. The first-order valence-corrected chi connectivity index (χ1v) is 5.35. The molecule has 0 aromatic heterocycles. The van der Waals surface area contributed by atoms with Gasteiger partial charge in [0.15, 0.2) is 0 Å². The topological polar surface area (TPSA) is 29.1 Å². The number of halogens is 1. The molecule has 70 valence electrons. The highest BCUT2D eigenvalue weighted by Gasteiger charge is 2.49. The minimum atomic E-state index is -0.0702. The average Bonchev–Trinajstić information content (AvgIpc) is 2.63. The molecule has 3 atom stereocenters. The van der Waals surface area contributed by atoms with Crippen molar-refractivity contribution in [2.75, 3.05) is 0 Å². The summed E-state index contributed by atoms with van der Waals surface area (Å²) in [6, 6.07) is 0.412. The fourth-order valence-corrected chi connectivity index (χ4v) is 1.44. The van der Waals surface area contributed by atoms with Crippen LogP contribution < -0.4 is 5.32 Å². The van der Waals surface area contributed by atoms with Gasteiger partial charge in [0.1, 0.15) is 0 Å². The molecular weight excluding hydrogens is 218 g/mol. The maximum atomic E-state index is 11.2. The first-order chi connectivity index (χ1) is 5.49. The second kappa shape index (κ2) is 3.36. The van der Waals surface area contributed by atoms with Gasteiger partial charge in [-0.15, -0.1) is 0 Å². The number of amides is 1. The zero-order valence-electron chi connectivity index (χ0n) is 7.86. The van der Waals surface area contributed by atoms with E-state index < -0.39 is 0 Å². The zero-order chi connectivity index (χ0) is 9.35. The number of carbonyl (C=O) groups is 1. The fourth-order valence-electron chi connectivity index (χ4n) is 1.31. The molecule has 0 radical (unpaired) electrons. The molecule has 0 bridgehead atoms. The van der Waals surface area contributed by atoms with Crippen molar-refractivity contribution in [2.24, 2.45) is 5.41 Å². The third kappa shape index (κ3) is 2.00. The fraction of sp³-hybridized carbons (Fsp3) is 0.889. The lowest BCUT2D eigenvalue weighted by Gasteiger charge is -2.10. The number of rotatable bonds is 3. The summed E-state index contributed by atoms with van der Waals surface area (Å²) in [6.45, 7) is 6.24. The van der Waals surface area contributed by atoms with Crippen LogP contribution in [0.15, 0.2) is 0 Å². The minimum absolute atomic E-state index is 0.0702. The Balaban J connectivity index is 2.32. The van der Waals surface area contributed by atoms with Crippen molar-refractivity contribution in [3.8, 4) is 0 Å². The van der Waals surface area contributed by atoms with Gasteiger partial charge in [-0.25, -0.2) is 0 Å². The van der Waals surface area contributed by atoms with Crippen LogP contribution in [0.5, 0.6) is 0 Å². The van der Waals surface area contributed by atoms with Crippen molar-refractivity contribution in [3.63, 3.8) is 0 Å². The summed E-state index contributed by atoms with van der Waals surface area (Å²) < 4.78 is 0. The van der Waals surface area contributed by atoms with E-state index in [4.69, 9.17) is 0 Å². The molecule has 1 amide bonds. The van der Waals surface area contributed by atoms with Gasteiger partial charge in [0.2, 0.25) is 5.91 Å².